The van der Waals surface area contributed by atoms with Gasteiger partial charge in [-0.1, -0.05) is 30.3 Å². The van der Waals surface area contributed by atoms with Gasteiger partial charge in [0, 0.05) is 0 Å². The average Bonchev–Trinajstić information content (AvgIpc) is 2.57. The number of nitrogens with zero attached hydrogens (tertiary/aromatic N) is 1. The second-order valence-corrected chi connectivity index (χ2v) is 4.02. The lowest BCUT2D eigenvalue weighted by Crippen LogP contribution is -2.30. The predicted molar refractivity (Wildman–Crippen MR) is 58.9 cm³/mol. The van der Waals surface area contributed by atoms with Crippen molar-refractivity contribution in [3.63, 3.8) is 0 Å². The van der Waals surface area contributed by atoms with Gasteiger partial charge in [0.05, 0.1) is 6.04 Å². The molecule has 0 radical (unpaired) electrons. The van der Waals surface area contributed by atoms with Crippen LogP contribution in [0.5, 0.6) is 0 Å². The summed E-state index contributed by atoms with van der Waals surface area (Å²) in [5, 5.41) is 9.13. The Hall–Kier alpha value is -1.39. The Balaban J connectivity index is 2.33. The first-order valence-electron chi connectivity index (χ1n) is 5.26. The summed E-state index contributed by atoms with van der Waals surface area (Å²) in [6.45, 7) is 1.86. The van der Waals surface area contributed by atoms with Crippen molar-refractivity contribution in [2.45, 2.75) is 25.3 Å². The van der Waals surface area contributed by atoms with Gasteiger partial charge < -0.3 is 9.84 Å². The first kappa shape index (κ1) is 11.1. The summed E-state index contributed by atoms with van der Waals surface area (Å²) in [4.78, 5) is 13.1. The number of benzene rings is 1. The van der Waals surface area contributed by atoms with E-state index in [-0.39, 0.29) is 12.3 Å². The number of carbonyl (C=O) groups is 1. The predicted octanol–water partition coefficient (Wildman–Crippen LogP) is 1.49. The van der Waals surface area contributed by atoms with Gasteiger partial charge in [-0.3, -0.25) is 4.90 Å². The minimum Gasteiger partial charge on any atom is -0.479 e. The zero-order valence-corrected chi connectivity index (χ0v) is 9.33. The minimum atomic E-state index is -0.912. The van der Waals surface area contributed by atoms with E-state index in [0.717, 1.165) is 5.56 Å². The van der Waals surface area contributed by atoms with Crippen molar-refractivity contribution in [1.82, 2.24) is 4.90 Å². The monoisotopic (exact) mass is 221 g/mol. The van der Waals surface area contributed by atoms with Crippen LogP contribution in [-0.4, -0.2) is 35.4 Å². The van der Waals surface area contributed by atoms with E-state index in [2.05, 4.69) is 0 Å². The zero-order valence-electron chi connectivity index (χ0n) is 9.33. The first-order chi connectivity index (χ1) is 7.61. The van der Waals surface area contributed by atoms with E-state index in [1.165, 1.54) is 0 Å². The van der Waals surface area contributed by atoms with E-state index in [1.54, 1.807) is 0 Å². The summed E-state index contributed by atoms with van der Waals surface area (Å²) in [5.74, 6) is -0.912. The van der Waals surface area contributed by atoms with Crippen molar-refractivity contribution < 1.29 is 14.6 Å². The molecule has 4 nitrogen and oxygen atoms in total. The lowest BCUT2D eigenvalue weighted by atomic mass is 10.0. The Kier molecular flexibility index (Phi) is 2.94. The smallest absolute Gasteiger partial charge is 0.334 e. The molecule has 1 saturated heterocycles. The van der Waals surface area contributed by atoms with Crippen molar-refractivity contribution in [3.8, 4) is 0 Å². The highest BCUT2D eigenvalue weighted by atomic mass is 16.5. The molecule has 3 unspecified atom stereocenters. The summed E-state index contributed by atoms with van der Waals surface area (Å²) >= 11 is 0. The highest BCUT2D eigenvalue weighted by molar-refractivity contribution is 5.74. The van der Waals surface area contributed by atoms with Crippen molar-refractivity contribution >= 4 is 5.97 Å². The molecule has 1 aromatic rings. The number of hydrogen-bond donors (Lipinski definition) is 1. The SMILES string of the molecule is CC1OC(C(=O)O)C(c2ccccc2)N1C. The average molecular weight is 221 g/mol. The molecule has 1 aliphatic rings. The summed E-state index contributed by atoms with van der Waals surface area (Å²) in [6.07, 6.45) is -0.964. The van der Waals surface area contributed by atoms with Crippen molar-refractivity contribution in [2.75, 3.05) is 7.05 Å². The maximum Gasteiger partial charge on any atom is 0.334 e. The topological polar surface area (TPSA) is 49.8 Å². The van der Waals surface area contributed by atoms with Crippen LogP contribution in [0.3, 0.4) is 0 Å². The quantitative estimate of drug-likeness (QED) is 0.822. The van der Waals surface area contributed by atoms with Crippen molar-refractivity contribution in [3.05, 3.63) is 35.9 Å². The van der Waals surface area contributed by atoms with Crippen LogP contribution in [0, 0.1) is 0 Å². The molecule has 1 aromatic carbocycles. The van der Waals surface area contributed by atoms with Crippen LogP contribution in [0.4, 0.5) is 0 Å². The molecular formula is C12H15NO3. The molecule has 0 bridgehead atoms. The van der Waals surface area contributed by atoms with E-state index in [4.69, 9.17) is 9.84 Å². The fraction of sp³-hybridized carbons (Fsp3) is 0.417. The number of likely N-dealkylation sites (N-methyl/N-ethyl adjacent to an activating group) is 1. The normalized spacial score (nSPS) is 30.5. The molecular weight excluding hydrogens is 206 g/mol. The first-order valence-corrected chi connectivity index (χ1v) is 5.26. The zero-order chi connectivity index (χ0) is 11.7. The van der Waals surface area contributed by atoms with E-state index >= 15 is 0 Å². The van der Waals surface area contributed by atoms with E-state index < -0.39 is 12.1 Å². The van der Waals surface area contributed by atoms with Crippen LogP contribution in [0.25, 0.3) is 0 Å². The van der Waals surface area contributed by atoms with Gasteiger partial charge in [0.25, 0.3) is 0 Å². The third-order valence-corrected chi connectivity index (χ3v) is 3.03. The van der Waals surface area contributed by atoms with Gasteiger partial charge in [-0.25, -0.2) is 4.79 Å². The Bertz CT molecular complexity index is 379. The van der Waals surface area contributed by atoms with Crippen molar-refractivity contribution in [1.29, 1.82) is 0 Å². The number of ether oxygens (including phenoxy) is 1. The fourth-order valence-corrected chi connectivity index (χ4v) is 2.08. The summed E-state index contributed by atoms with van der Waals surface area (Å²) in [5.41, 5.74) is 0.974. The molecule has 0 amide bonds. The molecule has 1 fully saturated rings. The maximum atomic E-state index is 11.1. The second kappa shape index (κ2) is 4.23. The third-order valence-electron chi connectivity index (χ3n) is 3.03. The van der Waals surface area contributed by atoms with Crippen LogP contribution in [0.2, 0.25) is 0 Å². The number of hydrogen-bond acceptors (Lipinski definition) is 3. The number of carboxylic acids is 1. The maximum absolute atomic E-state index is 11.1. The number of rotatable bonds is 2. The molecule has 86 valence electrons. The van der Waals surface area contributed by atoms with Crippen LogP contribution >= 0.6 is 0 Å². The molecule has 16 heavy (non-hydrogen) atoms. The Morgan fingerprint density at radius 3 is 2.56 bits per heavy atom. The highest BCUT2D eigenvalue weighted by Gasteiger charge is 2.42. The Labute approximate surface area is 94.4 Å². The molecule has 2 rings (SSSR count). The van der Waals surface area contributed by atoms with E-state index in [1.807, 2.05) is 49.2 Å². The minimum absolute atomic E-state index is 0.175. The lowest BCUT2D eigenvalue weighted by Gasteiger charge is -2.22. The van der Waals surface area contributed by atoms with Gasteiger partial charge >= 0.3 is 5.97 Å². The lowest BCUT2D eigenvalue weighted by molar-refractivity contribution is -0.149. The van der Waals surface area contributed by atoms with Gasteiger partial charge in [-0.2, -0.15) is 0 Å². The molecule has 1 heterocycles. The van der Waals surface area contributed by atoms with E-state index in [9.17, 15) is 4.79 Å². The molecule has 1 aliphatic heterocycles. The number of carboxylic acid groups (broad SMARTS) is 1. The Morgan fingerprint density at radius 1 is 1.38 bits per heavy atom. The molecule has 0 aliphatic carbocycles. The molecule has 1 N–H and O–H groups in total. The van der Waals surface area contributed by atoms with Crippen LogP contribution in [0.1, 0.15) is 18.5 Å². The summed E-state index contributed by atoms with van der Waals surface area (Å²) < 4.78 is 5.43. The fourth-order valence-electron chi connectivity index (χ4n) is 2.08. The summed E-state index contributed by atoms with van der Waals surface area (Å²) in [7, 11) is 1.88. The van der Waals surface area contributed by atoms with Gasteiger partial charge in [0.15, 0.2) is 6.10 Å². The third kappa shape index (κ3) is 1.81. The largest absolute Gasteiger partial charge is 0.479 e. The molecule has 0 saturated carbocycles. The second-order valence-electron chi connectivity index (χ2n) is 4.02. The van der Waals surface area contributed by atoms with Gasteiger partial charge in [0.2, 0.25) is 0 Å². The molecule has 0 spiro atoms. The van der Waals surface area contributed by atoms with Gasteiger partial charge in [-0.15, -0.1) is 0 Å². The standard InChI is InChI=1S/C12H15NO3/c1-8-13(2)10(11(16-8)12(14)15)9-6-4-3-5-7-9/h3-8,10-11H,1-2H3,(H,14,15). The Morgan fingerprint density at radius 2 is 2.00 bits per heavy atom. The summed E-state index contributed by atoms with van der Waals surface area (Å²) in [6, 6.07) is 9.37. The van der Waals surface area contributed by atoms with Gasteiger partial charge in [0.1, 0.15) is 6.23 Å². The molecule has 4 heteroatoms. The van der Waals surface area contributed by atoms with E-state index in [0.29, 0.717) is 0 Å². The van der Waals surface area contributed by atoms with Gasteiger partial charge in [-0.05, 0) is 19.5 Å². The van der Waals surface area contributed by atoms with Crippen molar-refractivity contribution in [2.24, 2.45) is 0 Å². The molecule has 3 atom stereocenters. The number of aliphatic carboxylic acids is 1. The van der Waals surface area contributed by atoms with Crippen LogP contribution in [0.15, 0.2) is 30.3 Å². The highest BCUT2D eigenvalue weighted by Crippen LogP contribution is 2.34. The van der Waals surface area contributed by atoms with Crippen LogP contribution in [-0.2, 0) is 9.53 Å². The molecule has 0 aromatic heterocycles. The van der Waals surface area contributed by atoms with Crippen LogP contribution < -0.4 is 0 Å².